The average molecular weight is 448 g/mol. The van der Waals surface area contributed by atoms with Crippen LogP contribution in [0.5, 0.6) is 0 Å². The molecule has 3 atom stereocenters. The summed E-state index contributed by atoms with van der Waals surface area (Å²) in [5, 5.41) is 20.7. The molecule has 9 nitrogen and oxygen atoms in total. The second-order valence-electron chi connectivity index (χ2n) is 7.69. The molecule has 31 heavy (non-hydrogen) atoms. The number of benzene rings is 1. The third-order valence-corrected chi connectivity index (χ3v) is 6.29. The summed E-state index contributed by atoms with van der Waals surface area (Å²) < 4.78 is 5.42. The molecular formula is C21H25N3O6S. The molecule has 0 saturated carbocycles. The van der Waals surface area contributed by atoms with Gasteiger partial charge in [0.15, 0.2) is 0 Å². The number of carbonyl (C=O) groups excluding carboxylic acids is 2. The lowest BCUT2D eigenvalue weighted by molar-refractivity contribution is -0.384. The second kappa shape index (κ2) is 9.61. The Labute approximate surface area is 184 Å². The number of carbonyl (C=O) groups is 2. The van der Waals surface area contributed by atoms with Gasteiger partial charge in [0.25, 0.3) is 5.69 Å². The number of fused-ring (bicyclic) bond motifs is 1. The predicted octanol–water partition coefficient (Wildman–Crippen LogP) is 2.68. The summed E-state index contributed by atoms with van der Waals surface area (Å²) in [6.45, 7) is 5.94. The Morgan fingerprint density at radius 1 is 1.39 bits per heavy atom. The van der Waals surface area contributed by atoms with E-state index in [0.29, 0.717) is 24.3 Å². The van der Waals surface area contributed by atoms with E-state index >= 15 is 0 Å². The first-order valence-corrected chi connectivity index (χ1v) is 10.9. The highest BCUT2D eigenvalue weighted by atomic mass is 32.2. The van der Waals surface area contributed by atoms with Gasteiger partial charge in [-0.1, -0.05) is 0 Å². The Morgan fingerprint density at radius 2 is 2.06 bits per heavy atom. The minimum atomic E-state index is -0.789. The van der Waals surface area contributed by atoms with Crippen molar-refractivity contribution in [1.29, 1.82) is 0 Å². The first-order chi connectivity index (χ1) is 14.7. The van der Waals surface area contributed by atoms with Gasteiger partial charge in [-0.25, -0.2) is 4.79 Å². The fourth-order valence-corrected chi connectivity index (χ4v) is 4.75. The van der Waals surface area contributed by atoms with Crippen molar-refractivity contribution in [3.8, 4) is 0 Å². The van der Waals surface area contributed by atoms with Crippen molar-refractivity contribution in [2.45, 2.75) is 45.9 Å². The van der Waals surface area contributed by atoms with Crippen LogP contribution < -0.4 is 0 Å². The smallest absolute Gasteiger partial charge is 0.356 e. The molecule has 0 spiro atoms. The van der Waals surface area contributed by atoms with E-state index in [-0.39, 0.29) is 29.9 Å². The number of nitro benzene ring substituents is 1. The number of hydrogen-bond acceptors (Lipinski definition) is 8. The Balaban J connectivity index is 1.71. The predicted molar refractivity (Wildman–Crippen MR) is 116 cm³/mol. The number of thioether (sulfide) groups is 1. The zero-order chi connectivity index (χ0) is 22.7. The van der Waals surface area contributed by atoms with Crippen LogP contribution in [-0.2, 0) is 20.9 Å². The van der Waals surface area contributed by atoms with E-state index in [0.717, 1.165) is 10.6 Å². The number of non-ortho nitro benzene ring substituents is 1. The van der Waals surface area contributed by atoms with Crippen LogP contribution in [0.2, 0.25) is 0 Å². The number of nitrogens with zero attached hydrogens (tertiary/aromatic N) is 3. The summed E-state index contributed by atoms with van der Waals surface area (Å²) in [4.78, 5) is 42.3. The SMILES string of the molecule is CC(C)=NCCSC1=C(C(=O)OCc2ccc([N+](=O)[O-])cc2)N2C(=O)[C@H]([C@@H](C)O)[C@H]2C1. The van der Waals surface area contributed by atoms with Crippen molar-refractivity contribution >= 4 is 35.0 Å². The van der Waals surface area contributed by atoms with Crippen LogP contribution in [-0.4, -0.2) is 57.0 Å². The fourth-order valence-electron chi connectivity index (χ4n) is 3.72. The molecule has 2 aliphatic rings. The normalized spacial score (nSPS) is 20.8. The number of β-lactam (4-membered cyclic amide) rings is 1. The number of aliphatic hydroxyl groups is 1. The second-order valence-corrected chi connectivity index (χ2v) is 8.88. The van der Waals surface area contributed by atoms with Gasteiger partial charge in [0.1, 0.15) is 12.3 Å². The molecule has 1 fully saturated rings. The van der Waals surface area contributed by atoms with Gasteiger partial charge in [-0.05, 0) is 38.5 Å². The van der Waals surface area contributed by atoms with Crippen LogP contribution >= 0.6 is 11.8 Å². The van der Waals surface area contributed by atoms with Crippen molar-refractivity contribution in [3.63, 3.8) is 0 Å². The number of aliphatic hydroxyl groups excluding tert-OH is 1. The van der Waals surface area contributed by atoms with Crippen LogP contribution in [0.1, 0.15) is 32.8 Å². The van der Waals surface area contributed by atoms with E-state index in [1.54, 1.807) is 6.92 Å². The number of hydrogen-bond donors (Lipinski definition) is 1. The largest absolute Gasteiger partial charge is 0.456 e. The summed E-state index contributed by atoms with van der Waals surface area (Å²) in [6.07, 6.45) is -0.286. The van der Waals surface area contributed by atoms with Crippen molar-refractivity contribution in [2.24, 2.45) is 10.9 Å². The minimum Gasteiger partial charge on any atom is -0.456 e. The van der Waals surface area contributed by atoms with Crippen molar-refractivity contribution in [1.82, 2.24) is 4.90 Å². The van der Waals surface area contributed by atoms with Gasteiger partial charge in [0.05, 0.1) is 23.0 Å². The van der Waals surface area contributed by atoms with Crippen molar-refractivity contribution in [3.05, 3.63) is 50.5 Å². The number of nitro groups is 1. The van der Waals surface area contributed by atoms with E-state index in [4.69, 9.17) is 4.74 Å². The summed E-state index contributed by atoms with van der Waals surface area (Å²) >= 11 is 1.47. The van der Waals surface area contributed by atoms with Crippen LogP contribution in [0.4, 0.5) is 5.69 Å². The Hall–Kier alpha value is -2.72. The number of amides is 1. The van der Waals surface area contributed by atoms with E-state index < -0.39 is 22.9 Å². The molecule has 1 aromatic rings. The average Bonchev–Trinajstić information content (AvgIpc) is 3.03. The number of ether oxygens (including phenoxy) is 1. The molecular weight excluding hydrogens is 422 g/mol. The summed E-state index contributed by atoms with van der Waals surface area (Å²) in [7, 11) is 0. The molecule has 2 heterocycles. The molecule has 3 rings (SSSR count). The highest BCUT2D eigenvalue weighted by Crippen LogP contribution is 2.47. The van der Waals surface area contributed by atoms with Gasteiger partial charge >= 0.3 is 5.97 Å². The van der Waals surface area contributed by atoms with E-state index in [1.165, 1.54) is 40.9 Å². The van der Waals surface area contributed by atoms with Gasteiger partial charge in [0.2, 0.25) is 5.91 Å². The maximum atomic E-state index is 12.9. The van der Waals surface area contributed by atoms with Crippen molar-refractivity contribution in [2.75, 3.05) is 12.3 Å². The standard InChI is InChI=1S/C21H25N3O6S/c1-12(2)22-8-9-31-17-10-16-18(13(3)25)20(26)23(16)19(17)21(27)30-11-14-4-6-15(7-5-14)24(28)29/h4-7,13,16,18,25H,8-11H2,1-3H3/t13-,16-,18-/m1/s1. The number of esters is 1. The molecule has 1 saturated heterocycles. The van der Waals surface area contributed by atoms with Crippen LogP contribution in [0.25, 0.3) is 0 Å². The Bertz CT molecular complexity index is 937. The van der Waals surface area contributed by atoms with Crippen LogP contribution in [0.15, 0.2) is 39.9 Å². The first-order valence-electron chi connectivity index (χ1n) is 9.96. The summed E-state index contributed by atoms with van der Waals surface area (Å²) in [5.74, 6) is -0.754. The van der Waals surface area contributed by atoms with Crippen LogP contribution in [0.3, 0.4) is 0 Å². The lowest BCUT2D eigenvalue weighted by Gasteiger charge is -2.44. The third kappa shape index (κ3) is 4.96. The molecule has 0 aliphatic carbocycles. The molecule has 2 aliphatic heterocycles. The van der Waals surface area contributed by atoms with Gasteiger partial charge in [-0.3, -0.25) is 19.9 Å². The maximum Gasteiger partial charge on any atom is 0.356 e. The summed E-state index contributed by atoms with van der Waals surface area (Å²) in [6, 6.07) is 5.50. The quantitative estimate of drug-likeness (QED) is 0.154. The topological polar surface area (TPSA) is 122 Å². The van der Waals surface area contributed by atoms with Gasteiger partial charge < -0.3 is 14.7 Å². The molecule has 0 aromatic heterocycles. The van der Waals surface area contributed by atoms with Gasteiger partial charge in [-0.2, -0.15) is 0 Å². The Kier molecular flexibility index (Phi) is 7.11. The molecule has 0 bridgehead atoms. The zero-order valence-electron chi connectivity index (χ0n) is 17.6. The van der Waals surface area contributed by atoms with E-state index in [1.807, 2.05) is 13.8 Å². The minimum absolute atomic E-state index is 0.0459. The Morgan fingerprint density at radius 3 is 2.65 bits per heavy atom. The third-order valence-electron chi connectivity index (χ3n) is 5.19. The molecule has 1 amide bonds. The van der Waals surface area contributed by atoms with E-state index in [9.17, 15) is 24.8 Å². The number of rotatable bonds is 9. The van der Waals surface area contributed by atoms with Crippen molar-refractivity contribution < 1.29 is 24.4 Å². The van der Waals surface area contributed by atoms with E-state index in [2.05, 4.69) is 4.99 Å². The number of aliphatic imine (C=N–C) groups is 1. The molecule has 1 N–H and O–H groups in total. The lowest BCUT2D eigenvalue weighted by Crippen LogP contribution is -2.61. The maximum absolute atomic E-state index is 12.9. The first kappa shape index (κ1) is 23.0. The zero-order valence-corrected chi connectivity index (χ0v) is 18.4. The molecule has 166 valence electrons. The molecule has 0 radical (unpaired) electrons. The van der Waals surface area contributed by atoms with Gasteiger partial charge in [0, 0.05) is 41.5 Å². The highest BCUT2D eigenvalue weighted by molar-refractivity contribution is 8.03. The monoisotopic (exact) mass is 447 g/mol. The summed E-state index contributed by atoms with van der Waals surface area (Å²) in [5.41, 5.74) is 1.76. The molecule has 10 heteroatoms. The van der Waals surface area contributed by atoms with Gasteiger partial charge in [-0.15, -0.1) is 11.8 Å². The highest BCUT2D eigenvalue weighted by Gasteiger charge is 2.56. The lowest BCUT2D eigenvalue weighted by atomic mass is 9.83. The van der Waals surface area contributed by atoms with Crippen LogP contribution in [0, 0.1) is 16.0 Å². The molecule has 0 unspecified atom stereocenters. The fraction of sp³-hybridized carbons (Fsp3) is 0.476. The molecule has 1 aromatic carbocycles.